The smallest absolute Gasteiger partial charge is 0.0267 e. The zero-order chi connectivity index (χ0) is 18.3. The predicted molar refractivity (Wildman–Crippen MR) is 119 cm³/mol. The second-order valence-electron chi connectivity index (χ2n) is 7.03. The Kier molecular flexibility index (Phi) is 4.73. The third-order valence-corrected chi connectivity index (χ3v) is 7.31. The maximum absolute atomic E-state index is 2.31. The van der Waals surface area contributed by atoms with E-state index >= 15 is 0 Å². The molecule has 0 saturated heterocycles. The number of benzene rings is 4. The Morgan fingerprint density at radius 2 is 0.923 bits per heavy atom. The van der Waals surface area contributed by atoms with E-state index in [0.717, 1.165) is 0 Å². The molecular formula is C24H22S2. The lowest BCUT2D eigenvalue weighted by atomic mass is 10.0. The lowest BCUT2D eigenvalue weighted by Crippen LogP contribution is -1.85. The van der Waals surface area contributed by atoms with Crippen molar-refractivity contribution < 1.29 is 0 Å². The molecule has 2 heteroatoms. The summed E-state index contributed by atoms with van der Waals surface area (Å²) in [6.45, 7) is 8.76. The van der Waals surface area contributed by atoms with Gasteiger partial charge < -0.3 is 0 Å². The summed E-state index contributed by atoms with van der Waals surface area (Å²) in [4.78, 5) is 2.69. The van der Waals surface area contributed by atoms with Gasteiger partial charge in [-0.3, -0.25) is 0 Å². The van der Waals surface area contributed by atoms with Gasteiger partial charge in [-0.05, 0) is 83.6 Å². The van der Waals surface area contributed by atoms with Gasteiger partial charge in [-0.2, -0.15) is 0 Å². The summed E-state index contributed by atoms with van der Waals surface area (Å²) in [5.74, 6) is 0. The summed E-state index contributed by atoms with van der Waals surface area (Å²) in [7, 11) is 3.74. The Morgan fingerprint density at radius 3 is 1.35 bits per heavy atom. The number of fused-ring (bicyclic) bond motifs is 2. The summed E-state index contributed by atoms with van der Waals surface area (Å²) in [6.07, 6.45) is 0. The minimum absolute atomic E-state index is 1.32. The molecule has 0 spiro atoms. The predicted octanol–water partition coefficient (Wildman–Crippen LogP) is 8.03. The molecule has 0 fully saturated rings. The van der Waals surface area contributed by atoms with Gasteiger partial charge in [0, 0.05) is 9.79 Å². The molecule has 130 valence electrons. The van der Waals surface area contributed by atoms with Gasteiger partial charge in [0.2, 0.25) is 0 Å². The van der Waals surface area contributed by atoms with Crippen LogP contribution in [0.2, 0.25) is 0 Å². The maximum atomic E-state index is 2.31. The van der Waals surface area contributed by atoms with Crippen LogP contribution in [0.25, 0.3) is 21.5 Å². The Balaban J connectivity index is 1.77. The van der Waals surface area contributed by atoms with Crippen molar-refractivity contribution >= 4 is 43.1 Å². The van der Waals surface area contributed by atoms with Crippen molar-refractivity contribution in [2.24, 2.45) is 0 Å². The molecule has 0 unspecified atom stereocenters. The molecule has 0 aliphatic heterocycles. The number of hydrogen-bond donors (Lipinski definition) is 0. The molecule has 0 nitrogen and oxygen atoms in total. The van der Waals surface area contributed by atoms with E-state index in [1.807, 2.05) is 21.6 Å². The molecule has 0 bridgehead atoms. The molecule has 4 aromatic rings. The average molecular weight is 375 g/mol. The highest BCUT2D eigenvalue weighted by atomic mass is 33.1. The first-order chi connectivity index (χ1) is 12.5. The van der Waals surface area contributed by atoms with Gasteiger partial charge >= 0.3 is 0 Å². The quantitative estimate of drug-likeness (QED) is 0.333. The summed E-state index contributed by atoms with van der Waals surface area (Å²) < 4.78 is 0. The van der Waals surface area contributed by atoms with Crippen molar-refractivity contribution in [1.82, 2.24) is 0 Å². The van der Waals surface area contributed by atoms with Gasteiger partial charge in [0.05, 0.1) is 0 Å². The third-order valence-electron chi connectivity index (χ3n) is 4.86. The van der Waals surface area contributed by atoms with Crippen LogP contribution in [0.1, 0.15) is 22.3 Å². The summed E-state index contributed by atoms with van der Waals surface area (Å²) in [6, 6.07) is 22.4. The van der Waals surface area contributed by atoms with E-state index in [4.69, 9.17) is 0 Å². The van der Waals surface area contributed by atoms with E-state index in [2.05, 4.69) is 88.4 Å². The fraction of sp³-hybridized carbons (Fsp3) is 0.167. The monoisotopic (exact) mass is 374 g/mol. The van der Waals surface area contributed by atoms with Crippen molar-refractivity contribution in [3.63, 3.8) is 0 Å². The fourth-order valence-electron chi connectivity index (χ4n) is 3.51. The molecule has 0 aromatic heterocycles. The Bertz CT molecular complexity index is 1030. The van der Waals surface area contributed by atoms with Crippen molar-refractivity contribution in [3.05, 3.63) is 82.9 Å². The minimum atomic E-state index is 1.32. The maximum Gasteiger partial charge on any atom is 0.0267 e. The Labute approximate surface area is 163 Å². The molecule has 0 N–H and O–H groups in total. The van der Waals surface area contributed by atoms with Gasteiger partial charge in [-0.25, -0.2) is 0 Å². The normalized spacial score (nSPS) is 11.4. The molecular weight excluding hydrogens is 352 g/mol. The summed E-state index contributed by atoms with van der Waals surface area (Å²) >= 11 is 0. The van der Waals surface area contributed by atoms with Crippen LogP contribution in [0.15, 0.2) is 70.5 Å². The first-order valence-corrected chi connectivity index (χ1v) is 11.0. The zero-order valence-electron chi connectivity index (χ0n) is 15.6. The van der Waals surface area contributed by atoms with Gasteiger partial charge in [-0.15, -0.1) is 0 Å². The van der Waals surface area contributed by atoms with Crippen molar-refractivity contribution in [2.45, 2.75) is 37.5 Å². The molecule has 26 heavy (non-hydrogen) atoms. The van der Waals surface area contributed by atoms with Crippen LogP contribution in [0.5, 0.6) is 0 Å². The van der Waals surface area contributed by atoms with Crippen LogP contribution in [-0.4, -0.2) is 0 Å². The lowest BCUT2D eigenvalue weighted by Gasteiger charge is -2.12. The Morgan fingerprint density at radius 1 is 0.500 bits per heavy atom. The molecule has 0 saturated carbocycles. The number of hydrogen-bond acceptors (Lipinski definition) is 2. The van der Waals surface area contributed by atoms with Crippen LogP contribution in [0, 0.1) is 27.7 Å². The van der Waals surface area contributed by atoms with E-state index in [9.17, 15) is 0 Å². The molecule has 0 heterocycles. The summed E-state index contributed by atoms with van der Waals surface area (Å²) in [5, 5.41) is 5.42. The highest BCUT2D eigenvalue weighted by molar-refractivity contribution is 8.76. The van der Waals surface area contributed by atoms with Crippen LogP contribution in [-0.2, 0) is 0 Å². The molecule has 0 atom stereocenters. The van der Waals surface area contributed by atoms with E-state index in [0.29, 0.717) is 0 Å². The molecule has 0 amide bonds. The van der Waals surface area contributed by atoms with E-state index < -0.39 is 0 Å². The van der Waals surface area contributed by atoms with Gasteiger partial charge in [0.15, 0.2) is 0 Å². The van der Waals surface area contributed by atoms with E-state index in [1.54, 1.807) is 0 Å². The lowest BCUT2D eigenvalue weighted by molar-refractivity contribution is 1.40. The van der Waals surface area contributed by atoms with Crippen LogP contribution >= 0.6 is 21.6 Å². The van der Waals surface area contributed by atoms with Crippen LogP contribution in [0.3, 0.4) is 0 Å². The highest BCUT2D eigenvalue weighted by Gasteiger charge is 2.09. The standard InChI is InChI=1S/C24H22S2/c1-15-11-21-17(3)7-5-9-19(21)23(13-15)25-26-24-14-16(2)12-22-18(4)8-6-10-20(22)24/h5-14H,1-4H3. The number of rotatable bonds is 3. The second kappa shape index (κ2) is 7.02. The fourth-order valence-corrected chi connectivity index (χ4v) is 6.06. The van der Waals surface area contributed by atoms with E-state index in [1.165, 1.54) is 53.6 Å². The van der Waals surface area contributed by atoms with Crippen molar-refractivity contribution in [2.75, 3.05) is 0 Å². The topological polar surface area (TPSA) is 0 Å². The van der Waals surface area contributed by atoms with Gasteiger partial charge in [-0.1, -0.05) is 70.1 Å². The molecule has 0 aliphatic carbocycles. The Hall–Kier alpha value is -1.90. The van der Waals surface area contributed by atoms with Crippen molar-refractivity contribution in [3.8, 4) is 0 Å². The van der Waals surface area contributed by atoms with E-state index in [-0.39, 0.29) is 0 Å². The molecule has 0 radical (unpaired) electrons. The number of aryl methyl sites for hydroxylation is 4. The zero-order valence-corrected chi connectivity index (χ0v) is 17.2. The first kappa shape index (κ1) is 17.5. The third kappa shape index (κ3) is 3.24. The van der Waals surface area contributed by atoms with Gasteiger partial charge in [0.1, 0.15) is 0 Å². The second-order valence-corrected chi connectivity index (χ2v) is 9.25. The molecule has 4 rings (SSSR count). The highest BCUT2D eigenvalue weighted by Crippen LogP contribution is 2.44. The first-order valence-electron chi connectivity index (χ1n) is 8.87. The average Bonchev–Trinajstić information content (AvgIpc) is 2.61. The van der Waals surface area contributed by atoms with Crippen LogP contribution in [0.4, 0.5) is 0 Å². The molecule has 4 aromatic carbocycles. The minimum Gasteiger partial charge on any atom is -0.0613 e. The summed E-state index contributed by atoms with van der Waals surface area (Å²) in [5.41, 5.74) is 5.32. The van der Waals surface area contributed by atoms with Crippen LogP contribution < -0.4 is 0 Å². The molecule has 0 aliphatic rings. The van der Waals surface area contributed by atoms with Crippen molar-refractivity contribution in [1.29, 1.82) is 0 Å². The largest absolute Gasteiger partial charge is 0.0613 e. The van der Waals surface area contributed by atoms with Gasteiger partial charge in [0.25, 0.3) is 0 Å². The SMILES string of the molecule is Cc1cc(SSc2cc(C)cc3c(C)cccc23)c2cccc(C)c2c1.